The molecule has 1 aromatic rings. The third-order valence-corrected chi connectivity index (χ3v) is 6.79. The number of benzene rings is 1. The normalized spacial score (nSPS) is 18.4. The van der Waals surface area contributed by atoms with Crippen molar-refractivity contribution in [2.75, 3.05) is 39.3 Å². The molecule has 0 unspecified atom stereocenters. The van der Waals surface area contributed by atoms with Crippen molar-refractivity contribution in [1.29, 1.82) is 0 Å². The highest BCUT2D eigenvalue weighted by Crippen LogP contribution is 2.28. The van der Waals surface area contributed by atoms with Gasteiger partial charge in [0, 0.05) is 8.95 Å². The molecule has 0 aliphatic carbocycles. The van der Waals surface area contributed by atoms with Crippen molar-refractivity contribution in [2.45, 2.75) is 4.90 Å². The number of quaternary nitrogens is 1. The Hall–Kier alpha value is 0.01000. The number of nitrogens with one attached hydrogen (secondary N) is 1. The summed E-state index contributed by atoms with van der Waals surface area (Å²) in [5.41, 5.74) is 0. The minimum absolute atomic E-state index is 0.138. The van der Waals surface area contributed by atoms with Gasteiger partial charge in [0.2, 0.25) is 10.0 Å². The first kappa shape index (κ1) is 16.4. The molecule has 0 radical (unpaired) electrons. The van der Waals surface area contributed by atoms with E-state index in [0.717, 1.165) is 17.6 Å². The van der Waals surface area contributed by atoms with Gasteiger partial charge in [0.1, 0.15) is 6.54 Å². The molecule has 0 bridgehead atoms. The van der Waals surface area contributed by atoms with E-state index in [-0.39, 0.29) is 11.5 Å². The molecule has 112 valence electrons. The van der Waals surface area contributed by atoms with Crippen LogP contribution in [0.4, 0.5) is 0 Å². The van der Waals surface area contributed by atoms with Gasteiger partial charge in [-0.25, -0.2) is 8.42 Å². The summed E-state index contributed by atoms with van der Waals surface area (Å²) in [6.07, 6.45) is 0. The third kappa shape index (κ3) is 3.61. The summed E-state index contributed by atoms with van der Waals surface area (Å²) in [6.45, 7) is 3.23. The first-order chi connectivity index (χ1) is 9.45. The lowest BCUT2D eigenvalue weighted by Crippen LogP contribution is -3.15. The van der Waals surface area contributed by atoms with E-state index >= 15 is 0 Å². The molecule has 1 fully saturated rings. The van der Waals surface area contributed by atoms with Crippen molar-refractivity contribution in [3.05, 3.63) is 27.1 Å². The van der Waals surface area contributed by atoms with Crippen LogP contribution in [0, 0.1) is 0 Å². The Morgan fingerprint density at radius 1 is 1.25 bits per heavy atom. The Bertz CT molecular complexity index is 572. The van der Waals surface area contributed by atoms with Gasteiger partial charge in [0.25, 0.3) is 0 Å². The molecule has 1 aromatic carbocycles. The van der Waals surface area contributed by atoms with Crippen LogP contribution in [-0.4, -0.2) is 57.2 Å². The first-order valence-electron chi connectivity index (χ1n) is 6.35. The van der Waals surface area contributed by atoms with Crippen LogP contribution < -0.4 is 4.90 Å². The summed E-state index contributed by atoms with van der Waals surface area (Å²) in [4.78, 5) is 1.53. The molecule has 0 saturated carbocycles. The molecule has 0 amide bonds. The molecule has 0 aromatic heterocycles. The van der Waals surface area contributed by atoms with Gasteiger partial charge < -0.3 is 10.0 Å². The number of aliphatic hydroxyl groups excluding tert-OH is 1. The number of sulfonamides is 1. The van der Waals surface area contributed by atoms with Crippen molar-refractivity contribution < 1.29 is 18.4 Å². The summed E-state index contributed by atoms with van der Waals surface area (Å²) >= 11 is 6.61. The number of hydrogen-bond donors (Lipinski definition) is 2. The third-order valence-electron chi connectivity index (χ3n) is 3.41. The maximum atomic E-state index is 12.6. The van der Waals surface area contributed by atoms with E-state index in [1.807, 2.05) is 0 Å². The standard InChI is InChI=1S/C12H16Br2N2O3S/c13-10-1-2-11(14)12(9-10)20(18,19)16-5-3-15(4-6-16)7-8-17/h1-2,9,17H,3-8H2/p+1. The number of hydrogen-bond acceptors (Lipinski definition) is 3. The van der Waals surface area contributed by atoms with Gasteiger partial charge in [0.05, 0.1) is 37.7 Å². The minimum Gasteiger partial charge on any atom is -0.391 e. The van der Waals surface area contributed by atoms with E-state index in [1.165, 1.54) is 9.21 Å². The van der Waals surface area contributed by atoms with Crippen LogP contribution in [0.5, 0.6) is 0 Å². The molecule has 1 saturated heterocycles. The van der Waals surface area contributed by atoms with E-state index in [0.29, 0.717) is 24.1 Å². The van der Waals surface area contributed by atoms with Gasteiger partial charge in [-0.15, -0.1) is 0 Å². The van der Waals surface area contributed by atoms with E-state index in [9.17, 15) is 8.42 Å². The maximum absolute atomic E-state index is 12.6. The average molecular weight is 429 g/mol. The number of halogens is 2. The molecule has 0 atom stereocenters. The highest BCUT2D eigenvalue weighted by molar-refractivity contribution is 9.11. The number of nitrogens with zero attached hydrogens (tertiary/aromatic N) is 1. The van der Waals surface area contributed by atoms with Crippen molar-refractivity contribution in [3.8, 4) is 0 Å². The zero-order valence-electron chi connectivity index (χ0n) is 10.8. The van der Waals surface area contributed by atoms with E-state index < -0.39 is 10.0 Å². The monoisotopic (exact) mass is 427 g/mol. The molecular weight excluding hydrogens is 412 g/mol. The van der Waals surface area contributed by atoms with Crippen LogP contribution in [0.1, 0.15) is 0 Å². The Morgan fingerprint density at radius 2 is 1.90 bits per heavy atom. The van der Waals surface area contributed by atoms with Crippen LogP contribution in [0.15, 0.2) is 32.0 Å². The minimum atomic E-state index is -3.47. The van der Waals surface area contributed by atoms with Gasteiger partial charge in [-0.05, 0) is 34.1 Å². The lowest BCUT2D eigenvalue weighted by atomic mass is 10.4. The second-order valence-electron chi connectivity index (χ2n) is 4.70. The Kier molecular flexibility index (Phi) is 5.61. The summed E-state index contributed by atoms with van der Waals surface area (Å²) in [5.74, 6) is 0. The number of rotatable bonds is 4. The largest absolute Gasteiger partial charge is 0.391 e. The Morgan fingerprint density at radius 3 is 2.50 bits per heavy atom. The van der Waals surface area contributed by atoms with E-state index in [1.54, 1.807) is 18.2 Å². The van der Waals surface area contributed by atoms with Gasteiger partial charge in [0.15, 0.2) is 0 Å². The fourth-order valence-electron chi connectivity index (χ4n) is 2.26. The molecule has 5 nitrogen and oxygen atoms in total. The van der Waals surface area contributed by atoms with Crippen molar-refractivity contribution >= 4 is 41.9 Å². The summed E-state index contributed by atoms with van der Waals surface area (Å²) in [5, 5.41) is 8.93. The predicted octanol–water partition coefficient (Wildman–Crippen LogP) is 0.0931. The lowest BCUT2D eigenvalue weighted by Gasteiger charge is -2.31. The zero-order chi connectivity index (χ0) is 14.8. The predicted molar refractivity (Wildman–Crippen MR) is 83.3 cm³/mol. The Balaban J connectivity index is 2.18. The fraction of sp³-hybridized carbons (Fsp3) is 0.500. The van der Waals surface area contributed by atoms with Crippen LogP contribution in [-0.2, 0) is 10.0 Å². The highest BCUT2D eigenvalue weighted by atomic mass is 79.9. The van der Waals surface area contributed by atoms with Gasteiger partial charge in [-0.2, -0.15) is 4.31 Å². The number of aliphatic hydroxyl groups is 1. The van der Waals surface area contributed by atoms with Crippen molar-refractivity contribution in [3.63, 3.8) is 0 Å². The number of piperazine rings is 1. The molecule has 20 heavy (non-hydrogen) atoms. The molecule has 1 aliphatic rings. The summed E-state index contributed by atoms with van der Waals surface area (Å²) in [7, 11) is -3.47. The van der Waals surface area contributed by atoms with Gasteiger partial charge in [-0.3, -0.25) is 0 Å². The molecule has 0 spiro atoms. The second-order valence-corrected chi connectivity index (χ2v) is 8.38. The topological polar surface area (TPSA) is 62.0 Å². The summed E-state index contributed by atoms with van der Waals surface area (Å²) < 4.78 is 28.1. The molecular formula is C12H17Br2N2O3S+. The van der Waals surface area contributed by atoms with Gasteiger partial charge >= 0.3 is 0 Å². The SMILES string of the molecule is O=S(=O)(c1cc(Br)ccc1Br)N1CC[NH+](CCO)CC1. The quantitative estimate of drug-likeness (QED) is 0.714. The van der Waals surface area contributed by atoms with Crippen LogP contribution >= 0.6 is 31.9 Å². The van der Waals surface area contributed by atoms with Crippen molar-refractivity contribution in [1.82, 2.24) is 4.31 Å². The smallest absolute Gasteiger partial charge is 0.244 e. The van der Waals surface area contributed by atoms with Crippen molar-refractivity contribution in [2.24, 2.45) is 0 Å². The summed E-state index contributed by atoms with van der Waals surface area (Å²) in [6, 6.07) is 5.14. The molecule has 2 N–H and O–H groups in total. The molecule has 2 rings (SSSR count). The van der Waals surface area contributed by atoms with E-state index in [2.05, 4.69) is 31.9 Å². The van der Waals surface area contributed by atoms with E-state index in [4.69, 9.17) is 5.11 Å². The molecule has 1 aliphatic heterocycles. The fourth-order valence-corrected chi connectivity index (χ4v) is 5.17. The lowest BCUT2D eigenvalue weighted by molar-refractivity contribution is -0.904. The first-order valence-corrected chi connectivity index (χ1v) is 9.37. The second kappa shape index (κ2) is 6.85. The van der Waals surface area contributed by atoms with Crippen LogP contribution in [0.25, 0.3) is 0 Å². The van der Waals surface area contributed by atoms with Crippen LogP contribution in [0.2, 0.25) is 0 Å². The maximum Gasteiger partial charge on any atom is 0.244 e. The molecule has 1 heterocycles. The molecule has 8 heteroatoms. The van der Waals surface area contributed by atoms with Gasteiger partial charge in [-0.1, -0.05) is 15.9 Å². The van der Waals surface area contributed by atoms with Crippen LogP contribution in [0.3, 0.4) is 0 Å². The zero-order valence-corrected chi connectivity index (χ0v) is 14.8. The Labute approximate surface area is 135 Å². The highest BCUT2D eigenvalue weighted by Gasteiger charge is 2.31. The average Bonchev–Trinajstić information content (AvgIpc) is 2.42.